The van der Waals surface area contributed by atoms with Gasteiger partial charge in [0.25, 0.3) is 0 Å². The van der Waals surface area contributed by atoms with E-state index in [1.807, 2.05) is 52.0 Å². The minimum Gasteiger partial charge on any atom is -0.384 e. The van der Waals surface area contributed by atoms with Crippen molar-refractivity contribution in [3.05, 3.63) is 36.5 Å². The van der Waals surface area contributed by atoms with Gasteiger partial charge in [0, 0.05) is 13.0 Å². The van der Waals surface area contributed by atoms with E-state index in [9.17, 15) is 14.4 Å². The van der Waals surface area contributed by atoms with Crippen LogP contribution in [0.15, 0.2) is 36.5 Å². The maximum atomic E-state index is 12.8. The molecule has 30 heavy (non-hydrogen) atoms. The van der Waals surface area contributed by atoms with Gasteiger partial charge < -0.3 is 21.1 Å². The van der Waals surface area contributed by atoms with Crippen molar-refractivity contribution in [3.63, 3.8) is 0 Å². The van der Waals surface area contributed by atoms with Crippen molar-refractivity contribution in [1.29, 1.82) is 0 Å². The predicted molar refractivity (Wildman–Crippen MR) is 121 cm³/mol. The van der Waals surface area contributed by atoms with E-state index in [0.717, 1.165) is 6.42 Å². The van der Waals surface area contributed by atoms with E-state index in [0.29, 0.717) is 19.4 Å². The van der Waals surface area contributed by atoms with Crippen LogP contribution in [-0.4, -0.2) is 49.9 Å². The van der Waals surface area contributed by atoms with Crippen LogP contribution in [0.1, 0.15) is 47.0 Å². The van der Waals surface area contributed by atoms with Gasteiger partial charge in [0.15, 0.2) is 5.78 Å². The first-order chi connectivity index (χ1) is 14.3. The molecule has 3 atom stereocenters. The summed E-state index contributed by atoms with van der Waals surface area (Å²) in [5, 5.41) is 5.51. The standard InChI is InChI=1S/C23H39N3O4/c1-6-8-9-11-18(16-30-5)12-13-22(28)25-20(14-17(3)4)23(29)26-19(10-7-2)21(27)15-24/h6,8-9,11-13,17-20H,7,10,14-16,24H2,1-5H3,(H,25,28)(H,26,29)/b8-6-,11-9-,13-12+/t18?,19-,20+/m1/s1. The molecule has 1 unspecified atom stereocenters. The molecule has 0 aromatic heterocycles. The van der Waals surface area contributed by atoms with Gasteiger partial charge in [-0.1, -0.05) is 57.6 Å². The first kappa shape index (κ1) is 27.8. The molecule has 0 fully saturated rings. The summed E-state index contributed by atoms with van der Waals surface area (Å²) in [5.74, 6) is -0.828. The molecule has 170 valence electrons. The minimum atomic E-state index is -0.730. The van der Waals surface area contributed by atoms with Gasteiger partial charge in [-0.3, -0.25) is 14.4 Å². The highest BCUT2D eigenvalue weighted by molar-refractivity contribution is 5.95. The Hall–Kier alpha value is -2.25. The van der Waals surface area contributed by atoms with Crippen LogP contribution in [0, 0.1) is 11.8 Å². The second-order valence-corrected chi connectivity index (χ2v) is 7.60. The number of Topliss-reactive ketones (excluding diaryl/α,β-unsaturated/α-hetero) is 1. The molecule has 0 aliphatic heterocycles. The van der Waals surface area contributed by atoms with Crippen molar-refractivity contribution in [2.24, 2.45) is 17.6 Å². The van der Waals surface area contributed by atoms with Crippen molar-refractivity contribution in [2.45, 2.75) is 59.0 Å². The van der Waals surface area contributed by atoms with Gasteiger partial charge in [-0.05, 0) is 31.8 Å². The fourth-order valence-corrected chi connectivity index (χ4v) is 2.84. The van der Waals surface area contributed by atoms with Crippen molar-refractivity contribution in [3.8, 4) is 0 Å². The van der Waals surface area contributed by atoms with Crippen molar-refractivity contribution < 1.29 is 19.1 Å². The fourth-order valence-electron chi connectivity index (χ4n) is 2.84. The first-order valence-electron chi connectivity index (χ1n) is 10.6. The molecule has 0 heterocycles. The molecule has 0 aromatic carbocycles. The summed E-state index contributed by atoms with van der Waals surface area (Å²) in [6.45, 7) is 8.10. The van der Waals surface area contributed by atoms with Gasteiger partial charge in [-0.15, -0.1) is 0 Å². The van der Waals surface area contributed by atoms with Gasteiger partial charge >= 0.3 is 0 Å². The maximum absolute atomic E-state index is 12.8. The molecule has 0 radical (unpaired) electrons. The lowest BCUT2D eigenvalue weighted by atomic mass is 10.0. The minimum absolute atomic E-state index is 0.0644. The summed E-state index contributed by atoms with van der Waals surface area (Å²) >= 11 is 0. The Balaban J connectivity index is 5.18. The molecule has 0 aliphatic carbocycles. The van der Waals surface area contributed by atoms with Crippen molar-refractivity contribution in [1.82, 2.24) is 10.6 Å². The number of allylic oxidation sites excluding steroid dienone is 3. The van der Waals surface area contributed by atoms with E-state index in [1.54, 1.807) is 13.2 Å². The highest BCUT2D eigenvalue weighted by Crippen LogP contribution is 2.08. The molecule has 0 spiro atoms. The molecule has 0 aromatic rings. The third kappa shape index (κ3) is 12.3. The monoisotopic (exact) mass is 421 g/mol. The third-order valence-corrected chi connectivity index (χ3v) is 4.34. The van der Waals surface area contributed by atoms with Gasteiger partial charge in [0.05, 0.1) is 19.2 Å². The van der Waals surface area contributed by atoms with Gasteiger partial charge in [-0.2, -0.15) is 0 Å². The van der Waals surface area contributed by atoms with Crippen LogP contribution in [0.2, 0.25) is 0 Å². The lowest BCUT2D eigenvalue weighted by Crippen LogP contribution is -2.52. The van der Waals surface area contributed by atoms with E-state index >= 15 is 0 Å². The Morgan fingerprint density at radius 1 is 1.07 bits per heavy atom. The molecule has 7 heteroatoms. The van der Waals surface area contributed by atoms with Crippen molar-refractivity contribution >= 4 is 17.6 Å². The fraction of sp³-hybridized carbons (Fsp3) is 0.609. The van der Waals surface area contributed by atoms with E-state index in [1.165, 1.54) is 6.08 Å². The molecule has 0 saturated carbocycles. The van der Waals surface area contributed by atoms with Crippen LogP contribution in [0.25, 0.3) is 0 Å². The summed E-state index contributed by atoms with van der Waals surface area (Å²) in [6, 6.07) is -1.36. The molecule has 0 aliphatic rings. The number of nitrogens with two attached hydrogens (primary N) is 1. The van der Waals surface area contributed by atoms with Crippen LogP contribution in [-0.2, 0) is 19.1 Å². The van der Waals surface area contributed by atoms with Gasteiger partial charge in [0.1, 0.15) is 6.04 Å². The second-order valence-electron chi connectivity index (χ2n) is 7.60. The van der Waals surface area contributed by atoms with Gasteiger partial charge in [-0.25, -0.2) is 0 Å². The molecule has 0 bridgehead atoms. The topological polar surface area (TPSA) is 111 Å². The first-order valence-corrected chi connectivity index (χ1v) is 10.6. The number of carbonyl (C=O) groups excluding carboxylic acids is 3. The third-order valence-electron chi connectivity index (χ3n) is 4.34. The van der Waals surface area contributed by atoms with E-state index in [2.05, 4.69) is 10.6 Å². The van der Waals surface area contributed by atoms with Crippen molar-refractivity contribution in [2.75, 3.05) is 20.3 Å². The number of ether oxygens (including phenoxy) is 1. The lowest BCUT2D eigenvalue weighted by molar-refractivity contribution is -0.130. The number of amides is 2. The van der Waals surface area contributed by atoms with E-state index in [4.69, 9.17) is 10.5 Å². The number of hydrogen-bond donors (Lipinski definition) is 3. The number of carbonyl (C=O) groups is 3. The van der Waals surface area contributed by atoms with Crippen LogP contribution in [0.4, 0.5) is 0 Å². The largest absolute Gasteiger partial charge is 0.384 e. The second kappa shape index (κ2) is 16.5. The summed E-state index contributed by atoms with van der Waals surface area (Å²) in [5.41, 5.74) is 5.45. The summed E-state index contributed by atoms with van der Waals surface area (Å²) in [6.07, 6.45) is 12.5. The zero-order valence-electron chi connectivity index (χ0n) is 19.0. The molecular weight excluding hydrogens is 382 g/mol. The number of ketones is 1. The normalized spacial score (nSPS) is 15.0. The smallest absolute Gasteiger partial charge is 0.244 e. The molecule has 0 saturated heterocycles. The predicted octanol–water partition coefficient (Wildman–Crippen LogP) is 2.28. The summed E-state index contributed by atoms with van der Waals surface area (Å²) in [4.78, 5) is 37.2. The number of rotatable bonds is 15. The number of nitrogens with one attached hydrogen (secondary N) is 2. The SMILES string of the molecule is C/C=C\C=C/C(/C=C/C(=O)N[C@@H](CC(C)C)C(=O)N[C@H](CCC)C(=O)CN)COC. The summed E-state index contributed by atoms with van der Waals surface area (Å²) in [7, 11) is 1.60. The Kier molecular flexibility index (Phi) is 15.3. The van der Waals surface area contributed by atoms with Crippen LogP contribution in [0.5, 0.6) is 0 Å². The Labute approximate surface area is 181 Å². The van der Waals surface area contributed by atoms with Crippen LogP contribution < -0.4 is 16.4 Å². The Morgan fingerprint density at radius 3 is 2.30 bits per heavy atom. The Morgan fingerprint density at radius 2 is 1.77 bits per heavy atom. The van der Waals surface area contributed by atoms with E-state index < -0.39 is 12.1 Å². The Bertz CT molecular complexity index is 612. The lowest BCUT2D eigenvalue weighted by Gasteiger charge is -2.23. The van der Waals surface area contributed by atoms with E-state index in [-0.39, 0.29) is 36.0 Å². The number of hydrogen-bond acceptors (Lipinski definition) is 5. The zero-order chi connectivity index (χ0) is 22.9. The van der Waals surface area contributed by atoms with Crippen LogP contribution in [0.3, 0.4) is 0 Å². The average Bonchev–Trinajstić information content (AvgIpc) is 2.70. The highest BCUT2D eigenvalue weighted by Gasteiger charge is 2.26. The molecule has 7 nitrogen and oxygen atoms in total. The summed E-state index contributed by atoms with van der Waals surface area (Å²) < 4.78 is 5.17. The quantitative estimate of drug-likeness (QED) is 0.277. The molecule has 0 rings (SSSR count). The zero-order valence-corrected chi connectivity index (χ0v) is 19.0. The molecule has 4 N–H and O–H groups in total. The number of methoxy groups -OCH3 is 1. The van der Waals surface area contributed by atoms with Gasteiger partial charge in [0.2, 0.25) is 11.8 Å². The highest BCUT2D eigenvalue weighted by atomic mass is 16.5. The average molecular weight is 422 g/mol. The molecule has 2 amide bonds. The van der Waals surface area contributed by atoms with Crippen LogP contribution >= 0.6 is 0 Å². The molecular formula is C23H39N3O4. The maximum Gasteiger partial charge on any atom is 0.244 e.